The first kappa shape index (κ1) is 12.1. The molecule has 0 unspecified atom stereocenters. The fourth-order valence-corrected chi connectivity index (χ4v) is 3.51. The van der Waals surface area contributed by atoms with Gasteiger partial charge in [-0.2, -0.15) is 0 Å². The molecule has 2 fully saturated rings. The number of aliphatic hydroxyl groups is 1. The molecule has 5 heteroatoms. The van der Waals surface area contributed by atoms with Crippen LogP contribution in [0.15, 0.2) is 5.51 Å². The van der Waals surface area contributed by atoms with Gasteiger partial charge < -0.3 is 10.4 Å². The van der Waals surface area contributed by atoms with E-state index in [1.165, 1.54) is 11.3 Å². The summed E-state index contributed by atoms with van der Waals surface area (Å²) in [6.07, 6.45) is 6.22. The van der Waals surface area contributed by atoms with Crippen molar-refractivity contribution < 1.29 is 9.90 Å². The van der Waals surface area contributed by atoms with Crippen molar-refractivity contribution in [1.29, 1.82) is 0 Å². The molecule has 1 heterocycles. The minimum Gasteiger partial charge on any atom is -0.394 e. The van der Waals surface area contributed by atoms with Gasteiger partial charge in [0, 0.05) is 5.92 Å². The highest BCUT2D eigenvalue weighted by molar-refractivity contribution is 7.11. The van der Waals surface area contributed by atoms with Crippen LogP contribution in [0.4, 0.5) is 0 Å². The summed E-state index contributed by atoms with van der Waals surface area (Å²) >= 11 is 1.41. The molecule has 4 nitrogen and oxygen atoms in total. The fourth-order valence-electron chi connectivity index (χ4n) is 2.74. The summed E-state index contributed by atoms with van der Waals surface area (Å²) in [4.78, 5) is 17.4. The van der Waals surface area contributed by atoms with Gasteiger partial charge >= 0.3 is 0 Å². The normalized spacial score (nSPS) is 22.1. The van der Waals surface area contributed by atoms with Gasteiger partial charge in [-0.15, -0.1) is 11.3 Å². The Morgan fingerprint density at radius 3 is 2.83 bits per heavy atom. The van der Waals surface area contributed by atoms with Crippen molar-refractivity contribution in [1.82, 2.24) is 10.3 Å². The maximum Gasteiger partial charge on any atom is 0.263 e. The van der Waals surface area contributed by atoms with Crippen LogP contribution in [0, 0.1) is 0 Å². The molecular formula is C13H18N2O2S. The van der Waals surface area contributed by atoms with E-state index in [9.17, 15) is 9.90 Å². The van der Waals surface area contributed by atoms with Gasteiger partial charge in [-0.1, -0.05) is 12.8 Å². The summed E-state index contributed by atoms with van der Waals surface area (Å²) in [7, 11) is 0. The smallest absolute Gasteiger partial charge is 0.263 e. The molecular weight excluding hydrogens is 248 g/mol. The number of rotatable bonds is 4. The van der Waals surface area contributed by atoms with Crippen LogP contribution < -0.4 is 5.32 Å². The summed E-state index contributed by atoms with van der Waals surface area (Å²) in [5, 5.41) is 12.6. The van der Waals surface area contributed by atoms with E-state index >= 15 is 0 Å². The number of nitrogens with one attached hydrogen (secondary N) is 1. The van der Waals surface area contributed by atoms with E-state index in [0.29, 0.717) is 5.92 Å². The van der Waals surface area contributed by atoms with Gasteiger partial charge in [0.1, 0.15) is 4.88 Å². The van der Waals surface area contributed by atoms with Crippen molar-refractivity contribution in [3.8, 4) is 0 Å². The van der Waals surface area contributed by atoms with E-state index in [1.807, 2.05) is 0 Å². The largest absolute Gasteiger partial charge is 0.394 e. The number of aromatic nitrogens is 1. The summed E-state index contributed by atoms with van der Waals surface area (Å²) < 4.78 is 0. The molecule has 0 bridgehead atoms. The van der Waals surface area contributed by atoms with Gasteiger partial charge in [0.25, 0.3) is 5.91 Å². The Hall–Kier alpha value is -0.940. The first-order valence-electron chi connectivity index (χ1n) is 6.61. The van der Waals surface area contributed by atoms with Crippen LogP contribution in [0.2, 0.25) is 0 Å². The Morgan fingerprint density at radius 1 is 1.50 bits per heavy atom. The number of amides is 1. The van der Waals surface area contributed by atoms with E-state index in [-0.39, 0.29) is 18.1 Å². The first-order chi connectivity index (χ1) is 8.74. The Morgan fingerprint density at radius 2 is 2.22 bits per heavy atom. The van der Waals surface area contributed by atoms with Crippen molar-refractivity contribution in [2.45, 2.75) is 50.0 Å². The van der Waals surface area contributed by atoms with Crippen LogP contribution in [0.5, 0.6) is 0 Å². The van der Waals surface area contributed by atoms with Gasteiger partial charge in [-0.05, 0) is 25.7 Å². The van der Waals surface area contributed by atoms with Crippen molar-refractivity contribution in [2.24, 2.45) is 0 Å². The van der Waals surface area contributed by atoms with Crippen LogP contribution in [-0.2, 0) is 0 Å². The fraction of sp³-hybridized carbons (Fsp3) is 0.692. The average molecular weight is 266 g/mol. The van der Waals surface area contributed by atoms with Crippen LogP contribution >= 0.6 is 11.3 Å². The Labute approximate surface area is 110 Å². The second-order valence-electron chi connectivity index (χ2n) is 5.44. The van der Waals surface area contributed by atoms with Crippen LogP contribution in [-0.4, -0.2) is 28.1 Å². The highest BCUT2D eigenvalue weighted by atomic mass is 32.1. The maximum atomic E-state index is 12.3. The second kappa shape index (κ2) is 4.63. The molecule has 2 saturated carbocycles. The molecule has 98 valence electrons. The third kappa shape index (κ3) is 2.17. The molecule has 2 N–H and O–H groups in total. The lowest BCUT2D eigenvalue weighted by Gasteiger charge is -2.27. The van der Waals surface area contributed by atoms with E-state index in [1.54, 1.807) is 5.51 Å². The minimum absolute atomic E-state index is 0.0380. The van der Waals surface area contributed by atoms with E-state index in [0.717, 1.165) is 49.1 Å². The number of hydrogen-bond acceptors (Lipinski definition) is 4. The molecule has 18 heavy (non-hydrogen) atoms. The van der Waals surface area contributed by atoms with Crippen LogP contribution in [0.3, 0.4) is 0 Å². The summed E-state index contributed by atoms with van der Waals surface area (Å²) in [6.45, 7) is 0.0380. The third-order valence-corrected chi connectivity index (χ3v) is 4.85. The monoisotopic (exact) mass is 266 g/mol. The molecule has 1 aromatic rings. The standard InChI is InChI=1S/C13H18N2O2S/c16-7-13(5-1-2-6-13)15-12(17)11-10(9-3-4-9)14-8-18-11/h8-9,16H,1-7H2,(H,15,17). The molecule has 3 rings (SSSR count). The van der Waals surface area contributed by atoms with Crippen molar-refractivity contribution in [2.75, 3.05) is 6.61 Å². The molecule has 0 saturated heterocycles. The predicted molar refractivity (Wildman–Crippen MR) is 69.8 cm³/mol. The molecule has 1 amide bonds. The highest BCUT2D eigenvalue weighted by Gasteiger charge is 2.37. The van der Waals surface area contributed by atoms with E-state index in [2.05, 4.69) is 10.3 Å². The number of aliphatic hydroxyl groups excluding tert-OH is 1. The van der Waals surface area contributed by atoms with Gasteiger partial charge in [0.2, 0.25) is 0 Å². The lowest BCUT2D eigenvalue weighted by Crippen LogP contribution is -2.49. The molecule has 0 atom stereocenters. The molecule has 0 spiro atoms. The molecule has 2 aliphatic rings. The topological polar surface area (TPSA) is 62.2 Å². The third-order valence-electron chi connectivity index (χ3n) is 4.01. The number of hydrogen-bond donors (Lipinski definition) is 2. The number of carbonyl (C=O) groups excluding carboxylic acids is 1. The van der Waals surface area contributed by atoms with Crippen molar-refractivity contribution >= 4 is 17.2 Å². The van der Waals surface area contributed by atoms with Gasteiger partial charge in [-0.25, -0.2) is 4.98 Å². The Kier molecular flexibility index (Phi) is 3.11. The first-order valence-corrected chi connectivity index (χ1v) is 7.49. The Bertz CT molecular complexity index is 448. The average Bonchev–Trinajstić information content (AvgIpc) is 2.93. The van der Waals surface area contributed by atoms with E-state index in [4.69, 9.17) is 0 Å². The predicted octanol–water partition coefficient (Wildman–Crippen LogP) is 2.06. The summed E-state index contributed by atoms with van der Waals surface area (Å²) in [5.41, 5.74) is 2.33. The lowest BCUT2D eigenvalue weighted by molar-refractivity contribution is 0.0841. The lowest BCUT2D eigenvalue weighted by atomic mass is 9.98. The van der Waals surface area contributed by atoms with Crippen LogP contribution in [0.1, 0.15) is 59.8 Å². The minimum atomic E-state index is -0.387. The van der Waals surface area contributed by atoms with Gasteiger partial charge in [0.15, 0.2) is 0 Å². The molecule has 0 aliphatic heterocycles. The quantitative estimate of drug-likeness (QED) is 0.877. The molecule has 1 aromatic heterocycles. The zero-order valence-corrected chi connectivity index (χ0v) is 11.1. The van der Waals surface area contributed by atoms with Crippen molar-refractivity contribution in [3.05, 3.63) is 16.1 Å². The van der Waals surface area contributed by atoms with E-state index < -0.39 is 0 Å². The Balaban J connectivity index is 1.75. The summed E-state index contributed by atoms with van der Waals surface area (Å²) in [6, 6.07) is 0. The number of nitrogens with zero attached hydrogens (tertiary/aromatic N) is 1. The molecule has 2 aliphatic carbocycles. The molecule has 0 aromatic carbocycles. The molecule has 0 radical (unpaired) electrons. The van der Waals surface area contributed by atoms with Gasteiger partial charge in [0.05, 0.1) is 23.4 Å². The zero-order valence-electron chi connectivity index (χ0n) is 10.3. The number of carbonyl (C=O) groups is 1. The van der Waals surface area contributed by atoms with Crippen LogP contribution in [0.25, 0.3) is 0 Å². The van der Waals surface area contributed by atoms with Gasteiger partial charge in [-0.3, -0.25) is 4.79 Å². The maximum absolute atomic E-state index is 12.3. The second-order valence-corrected chi connectivity index (χ2v) is 6.30. The number of thiazole rings is 1. The zero-order chi connectivity index (χ0) is 12.6. The highest BCUT2D eigenvalue weighted by Crippen LogP contribution is 2.42. The van der Waals surface area contributed by atoms with Crippen molar-refractivity contribution in [3.63, 3.8) is 0 Å². The SMILES string of the molecule is O=C(NC1(CO)CCCC1)c1scnc1C1CC1. The summed E-state index contributed by atoms with van der Waals surface area (Å²) in [5.74, 6) is 0.445.